The van der Waals surface area contributed by atoms with Crippen molar-refractivity contribution in [1.29, 1.82) is 0 Å². The molecule has 0 aliphatic heterocycles. The van der Waals surface area contributed by atoms with Crippen LogP contribution in [0, 0.1) is 0 Å². The summed E-state index contributed by atoms with van der Waals surface area (Å²) in [6, 6.07) is -1.58. The van der Waals surface area contributed by atoms with E-state index in [9.17, 15) is 19.2 Å². The van der Waals surface area contributed by atoms with Crippen molar-refractivity contribution >= 4 is 23.9 Å². The van der Waals surface area contributed by atoms with Gasteiger partial charge in [0.05, 0.1) is 13.0 Å². The zero-order chi connectivity index (χ0) is 20.5. The van der Waals surface area contributed by atoms with Gasteiger partial charge in [0, 0.05) is 6.54 Å². The first kappa shape index (κ1) is 23.7. The maximum Gasteiger partial charge on any atom is 0.408 e. The van der Waals surface area contributed by atoms with Crippen LogP contribution in [0.4, 0.5) is 4.79 Å². The van der Waals surface area contributed by atoms with Gasteiger partial charge in [-0.2, -0.15) is 0 Å². The maximum atomic E-state index is 12.2. The highest BCUT2D eigenvalue weighted by Gasteiger charge is 2.31. The molecule has 0 heterocycles. The fourth-order valence-corrected chi connectivity index (χ4v) is 1.66. The van der Waals surface area contributed by atoms with Crippen LogP contribution in [0.3, 0.4) is 0 Å². The van der Waals surface area contributed by atoms with Gasteiger partial charge in [0.25, 0.3) is 5.91 Å². The summed E-state index contributed by atoms with van der Waals surface area (Å²) in [6.45, 7) is 11.7. The van der Waals surface area contributed by atoms with Gasteiger partial charge in [-0.15, -0.1) is 0 Å². The second-order valence-electron chi connectivity index (χ2n) is 7.46. The van der Waals surface area contributed by atoms with Gasteiger partial charge in [0.2, 0.25) is 6.04 Å². The van der Waals surface area contributed by atoms with Crippen molar-refractivity contribution in [2.75, 3.05) is 13.2 Å². The molecule has 2 amide bonds. The molecule has 0 bridgehead atoms. The Morgan fingerprint density at radius 2 is 1.46 bits per heavy atom. The highest BCUT2D eigenvalue weighted by atomic mass is 16.6. The summed E-state index contributed by atoms with van der Waals surface area (Å²) < 4.78 is 14.9. The monoisotopic (exact) mass is 374 g/mol. The Balaban J connectivity index is 4.73. The minimum absolute atomic E-state index is 0.0382. The lowest BCUT2D eigenvalue weighted by atomic mass is 10.2. The Kier molecular flexibility index (Phi) is 9.09. The Labute approximate surface area is 154 Å². The van der Waals surface area contributed by atoms with E-state index in [0.717, 1.165) is 0 Å². The minimum atomic E-state index is -1.58. The third-order valence-corrected chi connectivity index (χ3v) is 2.49. The predicted octanol–water partition coefficient (Wildman–Crippen LogP) is 1.29. The van der Waals surface area contributed by atoms with E-state index in [1.807, 2.05) is 0 Å². The van der Waals surface area contributed by atoms with Crippen LogP contribution in [0.1, 0.15) is 54.9 Å². The lowest BCUT2D eigenvalue weighted by Gasteiger charge is -2.22. The van der Waals surface area contributed by atoms with Gasteiger partial charge >= 0.3 is 18.0 Å². The molecule has 9 heteroatoms. The van der Waals surface area contributed by atoms with E-state index < -0.39 is 41.2 Å². The zero-order valence-corrected chi connectivity index (χ0v) is 16.6. The van der Waals surface area contributed by atoms with Crippen LogP contribution < -0.4 is 10.6 Å². The first-order valence-electron chi connectivity index (χ1n) is 8.41. The molecule has 9 nitrogen and oxygen atoms in total. The molecular weight excluding hydrogens is 344 g/mol. The quantitative estimate of drug-likeness (QED) is 0.391. The first-order chi connectivity index (χ1) is 11.7. The first-order valence-corrected chi connectivity index (χ1v) is 8.41. The van der Waals surface area contributed by atoms with Crippen molar-refractivity contribution in [2.24, 2.45) is 0 Å². The van der Waals surface area contributed by atoms with Gasteiger partial charge in [0.1, 0.15) is 11.2 Å². The van der Waals surface area contributed by atoms with Gasteiger partial charge in [-0.3, -0.25) is 14.9 Å². The standard InChI is InChI=1S/C17H30N2O7/c1-8-24-14(22)12(19-15(23)26-17(5,6)7)13(21)18-10-9-11(20)25-16(2,3)4/h12H,8-10H2,1-7H3,(H,18,21)(H,19,23)/t12-/m1/s1. The molecule has 0 aliphatic carbocycles. The van der Waals surface area contributed by atoms with Crippen LogP contribution in [-0.4, -0.2) is 54.3 Å². The summed E-state index contributed by atoms with van der Waals surface area (Å²) >= 11 is 0. The molecule has 0 fully saturated rings. The zero-order valence-electron chi connectivity index (χ0n) is 16.6. The molecule has 0 radical (unpaired) electrons. The second kappa shape index (κ2) is 9.98. The van der Waals surface area contributed by atoms with Gasteiger partial charge in [-0.25, -0.2) is 9.59 Å². The number of hydrogen-bond acceptors (Lipinski definition) is 7. The van der Waals surface area contributed by atoms with Crippen molar-refractivity contribution in [3.05, 3.63) is 0 Å². The number of amides is 2. The number of alkyl carbamates (subject to hydrolysis) is 1. The largest absolute Gasteiger partial charge is 0.464 e. The summed E-state index contributed by atoms with van der Waals surface area (Å²) in [6.07, 6.45) is -1.01. The molecule has 2 N–H and O–H groups in total. The molecule has 0 saturated carbocycles. The van der Waals surface area contributed by atoms with Crippen LogP contribution in [0.2, 0.25) is 0 Å². The predicted molar refractivity (Wildman–Crippen MR) is 93.3 cm³/mol. The van der Waals surface area contributed by atoms with E-state index in [1.54, 1.807) is 48.5 Å². The molecule has 26 heavy (non-hydrogen) atoms. The molecule has 0 aliphatic rings. The number of carbonyl (C=O) groups excluding carboxylic acids is 4. The Hall–Kier alpha value is -2.32. The topological polar surface area (TPSA) is 120 Å². The lowest BCUT2D eigenvalue weighted by Crippen LogP contribution is -2.53. The molecule has 0 rings (SSSR count). The Morgan fingerprint density at radius 3 is 1.92 bits per heavy atom. The van der Waals surface area contributed by atoms with Crippen LogP contribution in [-0.2, 0) is 28.6 Å². The third kappa shape index (κ3) is 11.3. The van der Waals surface area contributed by atoms with Crippen LogP contribution >= 0.6 is 0 Å². The molecule has 0 aromatic carbocycles. The average molecular weight is 374 g/mol. The summed E-state index contributed by atoms with van der Waals surface area (Å²) in [5.74, 6) is -2.23. The SMILES string of the molecule is CCOC(=O)[C@H](NC(=O)OC(C)(C)C)C(=O)NCCC(=O)OC(C)(C)C. The van der Waals surface area contributed by atoms with Gasteiger partial charge < -0.3 is 19.5 Å². The summed E-state index contributed by atoms with van der Waals surface area (Å²) in [5, 5.41) is 4.57. The number of ether oxygens (including phenoxy) is 3. The van der Waals surface area contributed by atoms with Crippen molar-refractivity contribution in [3.63, 3.8) is 0 Å². The van der Waals surface area contributed by atoms with Crippen LogP contribution in [0.15, 0.2) is 0 Å². The fraction of sp³-hybridized carbons (Fsp3) is 0.765. The lowest BCUT2D eigenvalue weighted by molar-refractivity contribution is -0.154. The number of rotatable bonds is 7. The maximum absolute atomic E-state index is 12.2. The molecular formula is C17H30N2O7. The number of esters is 2. The fourth-order valence-electron chi connectivity index (χ4n) is 1.66. The van der Waals surface area contributed by atoms with E-state index >= 15 is 0 Å². The van der Waals surface area contributed by atoms with Crippen LogP contribution in [0.5, 0.6) is 0 Å². The van der Waals surface area contributed by atoms with E-state index in [-0.39, 0.29) is 19.6 Å². The highest BCUT2D eigenvalue weighted by Crippen LogP contribution is 2.08. The number of hydrogen-bond donors (Lipinski definition) is 2. The van der Waals surface area contributed by atoms with Crippen molar-refractivity contribution in [3.8, 4) is 0 Å². The summed E-state index contributed by atoms with van der Waals surface area (Å²) in [4.78, 5) is 47.6. The van der Waals surface area contributed by atoms with Crippen molar-refractivity contribution in [2.45, 2.75) is 72.1 Å². The van der Waals surface area contributed by atoms with E-state index in [4.69, 9.17) is 14.2 Å². The summed E-state index contributed by atoms with van der Waals surface area (Å²) in [7, 11) is 0. The van der Waals surface area contributed by atoms with E-state index in [2.05, 4.69) is 10.6 Å². The van der Waals surface area contributed by atoms with E-state index in [1.165, 1.54) is 0 Å². The Morgan fingerprint density at radius 1 is 0.923 bits per heavy atom. The molecule has 0 aromatic rings. The molecule has 150 valence electrons. The van der Waals surface area contributed by atoms with Gasteiger partial charge in [-0.05, 0) is 48.5 Å². The van der Waals surface area contributed by atoms with Gasteiger partial charge in [-0.1, -0.05) is 0 Å². The minimum Gasteiger partial charge on any atom is -0.464 e. The van der Waals surface area contributed by atoms with Gasteiger partial charge in [0.15, 0.2) is 0 Å². The van der Waals surface area contributed by atoms with Crippen molar-refractivity contribution < 1.29 is 33.4 Å². The van der Waals surface area contributed by atoms with Crippen molar-refractivity contribution in [1.82, 2.24) is 10.6 Å². The molecule has 0 unspecified atom stereocenters. The third-order valence-electron chi connectivity index (χ3n) is 2.49. The summed E-state index contributed by atoms with van der Waals surface area (Å²) in [5.41, 5.74) is -1.43. The highest BCUT2D eigenvalue weighted by molar-refractivity contribution is 6.04. The second-order valence-corrected chi connectivity index (χ2v) is 7.46. The average Bonchev–Trinajstić information content (AvgIpc) is 2.40. The van der Waals surface area contributed by atoms with Crippen LogP contribution in [0.25, 0.3) is 0 Å². The smallest absolute Gasteiger partial charge is 0.408 e. The molecule has 0 saturated heterocycles. The number of carbonyl (C=O) groups is 4. The molecule has 0 aromatic heterocycles. The Bertz CT molecular complexity index is 518. The number of nitrogens with one attached hydrogen (secondary N) is 2. The van der Waals surface area contributed by atoms with E-state index in [0.29, 0.717) is 0 Å². The molecule has 0 spiro atoms. The normalized spacial score (nSPS) is 12.6. The molecule has 1 atom stereocenters.